The molecule has 2 aromatic rings. The van der Waals surface area contributed by atoms with E-state index in [0.29, 0.717) is 5.95 Å². The van der Waals surface area contributed by atoms with Gasteiger partial charge < -0.3 is 5.32 Å². The van der Waals surface area contributed by atoms with Gasteiger partial charge in [0.2, 0.25) is 5.95 Å². The van der Waals surface area contributed by atoms with Crippen molar-refractivity contribution in [2.24, 2.45) is 0 Å². The number of benzene rings is 1. The van der Waals surface area contributed by atoms with Crippen molar-refractivity contribution in [2.45, 2.75) is 16.8 Å². The molecule has 2 rings (SSSR count). The van der Waals surface area contributed by atoms with Crippen LogP contribution in [0.5, 0.6) is 0 Å². The Bertz CT molecular complexity index is 531. The van der Waals surface area contributed by atoms with Gasteiger partial charge in [0.1, 0.15) is 5.03 Å². The Kier molecular flexibility index (Phi) is 5.03. The molecule has 0 spiro atoms. The van der Waals surface area contributed by atoms with Gasteiger partial charge in [0.25, 0.3) is 0 Å². The van der Waals surface area contributed by atoms with Crippen LogP contribution in [0, 0.1) is 0 Å². The first-order chi connectivity index (χ1) is 8.69. The summed E-state index contributed by atoms with van der Waals surface area (Å²) in [6.07, 6.45) is 1.77. The maximum Gasteiger partial charge on any atom is 0.223 e. The number of hydrogen-bond acceptors (Lipinski definition) is 4. The summed E-state index contributed by atoms with van der Waals surface area (Å²) in [5, 5.41) is 4.01. The van der Waals surface area contributed by atoms with Crippen molar-refractivity contribution < 1.29 is 0 Å². The molecule has 6 heteroatoms. The van der Waals surface area contributed by atoms with Crippen LogP contribution in [0.4, 0.5) is 5.95 Å². The van der Waals surface area contributed by atoms with E-state index in [1.165, 1.54) is 0 Å². The SMILES string of the molecule is CCNc1ncc(Br)c(Sc2ccc(Br)cc2)n1. The molecule has 3 nitrogen and oxygen atoms in total. The van der Waals surface area contributed by atoms with Gasteiger partial charge in [-0.25, -0.2) is 9.97 Å². The van der Waals surface area contributed by atoms with E-state index in [0.717, 1.165) is 25.4 Å². The van der Waals surface area contributed by atoms with E-state index in [4.69, 9.17) is 0 Å². The Balaban J connectivity index is 2.22. The third kappa shape index (κ3) is 3.70. The maximum absolute atomic E-state index is 4.46. The van der Waals surface area contributed by atoms with E-state index < -0.39 is 0 Å². The Morgan fingerprint density at radius 2 is 1.94 bits per heavy atom. The lowest BCUT2D eigenvalue weighted by Gasteiger charge is -2.06. The number of anilines is 1. The van der Waals surface area contributed by atoms with Crippen LogP contribution in [0.25, 0.3) is 0 Å². The molecule has 0 amide bonds. The highest BCUT2D eigenvalue weighted by atomic mass is 79.9. The largest absolute Gasteiger partial charge is 0.354 e. The Morgan fingerprint density at radius 1 is 1.22 bits per heavy atom. The summed E-state index contributed by atoms with van der Waals surface area (Å²) < 4.78 is 1.97. The van der Waals surface area contributed by atoms with Crippen molar-refractivity contribution >= 4 is 49.6 Å². The second-order valence-electron chi connectivity index (χ2n) is 3.43. The molecule has 0 aliphatic carbocycles. The summed E-state index contributed by atoms with van der Waals surface area (Å²) in [6.45, 7) is 2.83. The molecule has 1 aromatic carbocycles. The number of nitrogens with one attached hydrogen (secondary N) is 1. The summed E-state index contributed by atoms with van der Waals surface area (Å²) in [5.41, 5.74) is 0. The van der Waals surface area contributed by atoms with Crippen molar-refractivity contribution in [3.8, 4) is 0 Å². The van der Waals surface area contributed by atoms with Gasteiger partial charge in [0.15, 0.2) is 0 Å². The second kappa shape index (κ2) is 6.54. The van der Waals surface area contributed by atoms with Gasteiger partial charge in [-0.1, -0.05) is 27.7 Å². The average molecular weight is 389 g/mol. The number of hydrogen-bond donors (Lipinski definition) is 1. The third-order valence-electron chi connectivity index (χ3n) is 2.07. The third-order valence-corrected chi connectivity index (χ3v) is 4.46. The Hall–Kier alpha value is -0.590. The maximum atomic E-state index is 4.46. The smallest absolute Gasteiger partial charge is 0.223 e. The highest BCUT2D eigenvalue weighted by Gasteiger charge is 2.06. The average Bonchev–Trinajstić information content (AvgIpc) is 2.36. The highest BCUT2D eigenvalue weighted by molar-refractivity contribution is 9.10. The molecule has 0 bridgehead atoms. The molecule has 0 aliphatic rings. The van der Waals surface area contributed by atoms with Gasteiger partial charge in [-0.15, -0.1) is 0 Å². The summed E-state index contributed by atoms with van der Waals surface area (Å²) >= 11 is 8.50. The molecular weight excluding hydrogens is 378 g/mol. The molecule has 1 heterocycles. The lowest BCUT2D eigenvalue weighted by Crippen LogP contribution is -2.02. The van der Waals surface area contributed by atoms with E-state index in [2.05, 4.69) is 59.3 Å². The van der Waals surface area contributed by atoms with Gasteiger partial charge in [0.05, 0.1) is 4.47 Å². The molecule has 1 N–H and O–H groups in total. The number of halogens is 2. The number of rotatable bonds is 4. The standard InChI is InChI=1S/C12H11Br2N3S/c1-2-15-12-16-7-10(14)11(17-12)18-9-5-3-8(13)4-6-9/h3-7H,2H2,1H3,(H,15,16,17). The summed E-state index contributed by atoms with van der Waals surface area (Å²) in [7, 11) is 0. The van der Waals surface area contributed by atoms with Crippen LogP contribution < -0.4 is 5.32 Å². The van der Waals surface area contributed by atoms with Gasteiger partial charge in [-0.2, -0.15) is 0 Å². The minimum Gasteiger partial charge on any atom is -0.354 e. The first-order valence-corrected chi connectivity index (χ1v) is 7.79. The van der Waals surface area contributed by atoms with E-state index in [1.807, 2.05) is 19.1 Å². The van der Waals surface area contributed by atoms with Crippen molar-refractivity contribution in [2.75, 3.05) is 11.9 Å². The predicted octanol–water partition coefficient (Wildman–Crippen LogP) is 4.58. The molecule has 0 atom stereocenters. The van der Waals surface area contributed by atoms with E-state index >= 15 is 0 Å². The molecule has 18 heavy (non-hydrogen) atoms. The highest BCUT2D eigenvalue weighted by Crippen LogP contribution is 2.32. The quantitative estimate of drug-likeness (QED) is 0.777. The first kappa shape index (κ1) is 13.8. The number of aromatic nitrogens is 2. The van der Waals surface area contributed by atoms with Gasteiger partial charge in [-0.05, 0) is 47.1 Å². The normalized spacial score (nSPS) is 10.4. The van der Waals surface area contributed by atoms with Crippen LogP contribution >= 0.6 is 43.6 Å². The van der Waals surface area contributed by atoms with Crippen LogP contribution in [0.1, 0.15) is 6.92 Å². The molecule has 0 saturated heterocycles. The fourth-order valence-corrected chi connectivity index (χ4v) is 2.76. The molecule has 0 fully saturated rings. The van der Waals surface area contributed by atoms with Crippen LogP contribution in [0.15, 0.2) is 49.3 Å². The van der Waals surface area contributed by atoms with Crippen molar-refractivity contribution in [1.82, 2.24) is 9.97 Å². The first-order valence-electron chi connectivity index (χ1n) is 5.39. The number of nitrogens with zero attached hydrogens (tertiary/aromatic N) is 2. The molecule has 0 unspecified atom stereocenters. The van der Waals surface area contributed by atoms with Crippen LogP contribution in [-0.4, -0.2) is 16.5 Å². The zero-order chi connectivity index (χ0) is 13.0. The van der Waals surface area contributed by atoms with E-state index in [-0.39, 0.29) is 0 Å². The zero-order valence-electron chi connectivity index (χ0n) is 9.65. The van der Waals surface area contributed by atoms with Crippen molar-refractivity contribution in [3.63, 3.8) is 0 Å². The van der Waals surface area contributed by atoms with Crippen molar-refractivity contribution in [1.29, 1.82) is 0 Å². The fourth-order valence-electron chi connectivity index (χ4n) is 1.28. The zero-order valence-corrected chi connectivity index (χ0v) is 13.6. The summed E-state index contributed by atoms with van der Waals surface area (Å²) in [5.74, 6) is 0.653. The molecule has 1 aromatic heterocycles. The van der Waals surface area contributed by atoms with Crippen LogP contribution in [0.3, 0.4) is 0 Å². The summed E-state index contributed by atoms with van der Waals surface area (Å²) in [6, 6.07) is 8.14. The molecule has 0 aliphatic heterocycles. The van der Waals surface area contributed by atoms with E-state index in [9.17, 15) is 0 Å². The summed E-state index contributed by atoms with van der Waals surface area (Å²) in [4.78, 5) is 9.80. The van der Waals surface area contributed by atoms with Crippen molar-refractivity contribution in [3.05, 3.63) is 39.4 Å². The van der Waals surface area contributed by atoms with Gasteiger partial charge in [0, 0.05) is 22.1 Å². The van der Waals surface area contributed by atoms with Crippen LogP contribution in [0.2, 0.25) is 0 Å². The lowest BCUT2D eigenvalue weighted by atomic mass is 10.4. The van der Waals surface area contributed by atoms with E-state index in [1.54, 1.807) is 18.0 Å². The lowest BCUT2D eigenvalue weighted by molar-refractivity contribution is 0.999. The van der Waals surface area contributed by atoms with Gasteiger partial charge in [-0.3, -0.25) is 0 Å². The Morgan fingerprint density at radius 3 is 2.61 bits per heavy atom. The molecule has 0 radical (unpaired) electrons. The van der Waals surface area contributed by atoms with Gasteiger partial charge >= 0.3 is 0 Å². The molecule has 0 saturated carbocycles. The molecular formula is C12H11Br2N3S. The minimum absolute atomic E-state index is 0.653. The minimum atomic E-state index is 0.653. The topological polar surface area (TPSA) is 37.8 Å². The Labute approximate surface area is 127 Å². The predicted molar refractivity (Wildman–Crippen MR) is 82.2 cm³/mol. The van der Waals surface area contributed by atoms with Crippen LogP contribution in [-0.2, 0) is 0 Å². The molecule has 94 valence electrons. The monoisotopic (exact) mass is 387 g/mol. The second-order valence-corrected chi connectivity index (χ2v) is 6.27. The fraction of sp³-hybridized carbons (Fsp3) is 0.167.